The van der Waals surface area contributed by atoms with Crippen LogP contribution < -0.4 is 4.74 Å². The Hall–Kier alpha value is -2.35. The van der Waals surface area contributed by atoms with Crippen molar-refractivity contribution in [1.29, 1.82) is 0 Å². The average molecular weight is 252 g/mol. The smallest absolute Gasteiger partial charge is 0.153 e. The van der Waals surface area contributed by atoms with Gasteiger partial charge in [-0.05, 0) is 30.7 Å². The normalized spacial score (nSPS) is 10.6. The van der Waals surface area contributed by atoms with Crippen LogP contribution in [0, 0.1) is 6.92 Å². The molecule has 0 heterocycles. The van der Waals surface area contributed by atoms with Crippen molar-refractivity contribution < 1.29 is 9.53 Å². The Bertz CT molecular complexity index is 571. The van der Waals surface area contributed by atoms with Crippen LogP contribution in [0.1, 0.15) is 21.5 Å². The van der Waals surface area contributed by atoms with Crippen LogP contribution in [0.4, 0.5) is 0 Å². The van der Waals surface area contributed by atoms with E-state index in [0.29, 0.717) is 17.9 Å². The second-order valence-corrected chi connectivity index (χ2v) is 4.28. The van der Waals surface area contributed by atoms with Crippen molar-refractivity contribution >= 4 is 12.4 Å². The molecule has 0 saturated heterocycles. The summed E-state index contributed by atoms with van der Waals surface area (Å²) in [4.78, 5) is 10.9. The van der Waals surface area contributed by atoms with Crippen molar-refractivity contribution in [2.24, 2.45) is 0 Å². The molecule has 0 bridgehead atoms. The molecule has 0 aliphatic rings. The molecule has 0 amide bonds. The lowest BCUT2D eigenvalue weighted by Crippen LogP contribution is -1.97. The van der Waals surface area contributed by atoms with Gasteiger partial charge in [0, 0.05) is 0 Å². The molecule has 0 spiro atoms. The number of carbonyl (C=O) groups is 1. The predicted octanol–water partition coefficient (Wildman–Crippen LogP) is 3.90. The Balaban J connectivity index is 1.96. The number of aldehydes is 1. The number of aryl methyl sites for hydroxylation is 1. The van der Waals surface area contributed by atoms with E-state index in [-0.39, 0.29) is 0 Å². The lowest BCUT2D eigenvalue weighted by atomic mass is 10.1. The molecular formula is C17H16O2. The first kappa shape index (κ1) is 13.1. The van der Waals surface area contributed by atoms with Gasteiger partial charge in [0.25, 0.3) is 0 Å². The third-order valence-corrected chi connectivity index (χ3v) is 2.74. The summed E-state index contributed by atoms with van der Waals surface area (Å²) >= 11 is 0. The monoisotopic (exact) mass is 252 g/mol. The van der Waals surface area contributed by atoms with Gasteiger partial charge in [0.05, 0.1) is 5.56 Å². The Morgan fingerprint density at radius 1 is 1.11 bits per heavy atom. The summed E-state index contributed by atoms with van der Waals surface area (Å²) in [6.07, 6.45) is 4.75. The van der Waals surface area contributed by atoms with Crippen molar-refractivity contribution in [1.82, 2.24) is 0 Å². The number of hydrogen-bond donors (Lipinski definition) is 0. The fourth-order valence-electron chi connectivity index (χ4n) is 1.78. The van der Waals surface area contributed by atoms with Crippen LogP contribution in [0.25, 0.3) is 6.08 Å². The van der Waals surface area contributed by atoms with Gasteiger partial charge in [0.1, 0.15) is 12.4 Å². The predicted molar refractivity (Wildman–Crippen MR) is 77.5 cm³/mol. The van der Waals surface area contributed by atoms with Crippen molar-refractivity contribution in [3.63, 3.8) is 0 Å². The maximum absolute atomic E-state index is 10.9. The molecule has 2 rings (SSSR count). The topological polar surface area (TPSA) is 26.3 Å². The van der Waals surface area contributed by atoms with Crippen LogP contribution in [0.3, 0.4) is 0 Å². The van der Waals surface area contributed by atoms with E-state index < -0.39 is 0 Å². The molecule has 0 unspecified atom stereocenters. The molecule has 0 N–H and O–H groups in total. The SMILES string of the molecule is Cc1ccc(OCC=Cc2ccccc2)c(C=O)c1. The zero-order valence-electron chi connectivity index (χ0n) is 10.9. The third kappa shape index (κ3) is 3.81. The summed E-state index contributed by atoms with van der Waals surface area (Å²) in [6.45, 7) is 2.39. The molecule has 2 aromatic rings. The molecule has 0 radical (unpaired) electrons. The van der Waals surface area contributed by atoms with Crippen LogP contribution in [-0.4, -0.2) is 12.9 Å². The fourth-order valence-corrected chi connectivity index (χ4v) is 1.78. The van der Waals surface area contributed by atoms with Crippen LogP contribution in [0.15, 0.2) is 54.6 Å². The van der Waals surface area contributed by atoms with Crippen molar-refractivity contribution in [2.75, 3.05) is 6.61 Å². The molecule has 0 atom stereocenters. The maximum Gasteiger partial charge on any atom is 0.153 e. The first-order valence-electron chi connectivity index (χ1n) is 6.20. The summed E-state index contributed by atoms with van der Waals surface area (Å²) in [5.41, 5.74) is 2.77. The van der Waals surface area contributed by atoms with Gasteiger partial charge in [0.2, 0.25) is 0 Å². The van der Waals surface area contributed by atoms with E-state index >= 15 is 0 Å². The maximum atomic E-state index is 10.9. The lowest BCUT2D eigenvalue weighted by Gasteiger charge is -2.06. The molecule has 0 aromatic heterocycles. The summed E-state index contributed by atoms with van der Waals surface area (Å²) in [6, 6.07) is 15.6. The van der Waals surface area contributed by atoms with E-state index in [0.717, 1.165) is 17.4 Å². The molecule has 0 fully saturated rings. The Morgan fingerprint density at radius 3 is 2.63 bits per heavy atom. The zero-order chi connectivity index (χ0) is 13.5. The van der Waals surface area contributed by atoms with Crippen LogP contribution in [0.5, 0.6) is 5.75 Å². The van der Waals surface area contributed by atoms with Crippen LogP contribution >= 0.6 is 0 Å². The first-order chi connectivity index (χ1) is 9.29. The number of hydrogen-bond acceptors (Lipinski definition) is 2. The highest BCUT2D eigenvalue weighted by Crippen LogP contribution is 2.18. The van der Waals surface area contributed by atoms with Gasteiger partial charge in [-0.1, -0.05) is 48.0 Å². The molecule has 2 nitrogen and oxygen atoms in total. The van der Waals surface area contributed by atoms with Crippen LogP contribution in [0.2, 0.25) is 0 Å². The van der Waals surface area contributed by atoms with E-state index in [1.807, 2.05) is 67.6 Å². The van der Waals surface area contributed by atoms with Gasteiger partial charge >= 0.3 is 0 Å². The van der Waals surface area contributed by atoms with E-state index in [9.17, 15) is 4.79 Å². The highest BCUT2D eigenvalue weighted by molar-refractivity contribution is 5.79. The lowest BCUT2D eigenvalue weighted by molar-refractivity contribution is 0.112. The minimum atomic E-state index is 0.443. The Kier molecular flexibility index (Phi) is 4.51. The zero-order valence-corrected chi connectivity index (χ0v) is 10.9. The van der Waals surface area contributed by atoms with Crippen molar-refractivity contribution in [3.05, 3.63) is 71.3 Å². The van der Waals surface area contributed by atoms with E-state index in [1.165, 1.54) is 0 Å². The van der Waals surface area contributed by atoms with E-state index in [4.69, 9.17) is 4.74 Å². The number of benzene rings is 2. The number of ether oxygens (including phenoxy) is 1. The second-order valence-electron chi connectivity index (χ2n) is 4.28. The quantitative estimate of drug-likeness (QED) is 0.754. The summed E-state index contributed by atoms with van der Waals surface area (Å²) in [5.74, 6) is 0.623. The van der Waals surface area contributed by atoms with Gasteiger partial charge in [-0.15, -0.1) is 0 Å². The number of carbonyl (C=O) groups excluding carboxylic acids is 1. The van der Waals surface area contributed by atoms with Crippen molar-refractivity contribution in [3.8, 4) is 5.75 Å². The summed E-state index contributed by atoms with van der Waals surface area (Å²) in [7, 11) is 0. The van der Waals surface area contributed by atoms with E-state index in [2.05, 4.69) is 0 Å². The van der Waals surface area contributed by atoms with Crippen molar-refractivity contribution in [2.45, 2.75) is 6.92 Å². The number of rotatable bonds is 5. The Morgan fingerprint density at radius 2 is 1.89 bits per heavy atom. The van der Waals surface area contributed by atoms with Gasteiger partial charge in [0.15, 0.2) is 6.29 Å². The van der Waals surface area contributed by atoms with Gasteiger partial charge < -0.3 is 4.74 Å². The molecule has 0 saturated carbocycles. The first-order valence-corrected chi connectivity index (χ1v) is 6.20. The highest BCUT2D eigenvalue weighted by Gasteiger charge is 2.01. The van der Waals surface area contributed by atoms with Crippen LogP contribution in [-0.2, 0) is 0 Å². The molecule has 96 valence electrons. The molecule has 2 aromatic carbocycles. The molecule has 0 aliphatic heterocycles. The highest BCUT2D eigenvalue weighted by atomic mass is 16.5. The fraction of sp³-hybridized carbons (Fsp3) is 0.118. The van der Waals surface area contributed by atoms with Gasteiger partial charge in [-0.2, -0.15) is 0 Å². The minimum Gasteiger partial charge on any atom is -0.489 e. The largest absolute Gasteiger partial charge is 0.489 e. The second kappa shape index (κ2) is 6.55. The standard InChI is InChI=1S/C17H16O2/c1-14-9-10-17(16(12-14)13-18)19-11-5-8-15-6-3-2-4-7-15/h2-10,12-13H,11H2,1H3. The average Bonchev–Trinajstić information content (AvgIpc) is 2.46. The molecule has 19 heavy (non-hydrogen) atoms. The van der Waals surface area contributed by atoms with Gasteiger partial charge in [-0.25, -0.2) is 0 Å². The Labute approximate surface area is 113 Å². The van der Waals surface area contributed by atoms with E-state index in [1.54, 1.807) is 0 Å². The van der Waals surface area contributed by atoms with Gasteiger partial charge in [-0.3, -0.25) is 4.79 Å². The molecule has 0 aliphatic carbocycles. The molecular weight excluding hydrogens is 236 g/mol. The summed E-state index contributed by atoms with van der Waals surface area (Å²) in [5, 5.41) is 0. The molecule has 2 heteroatoms. The third-order valence-electron chi connectivity index (χ3n) is 2.74. The summed E-state index contributed by atoms with van der Waals surface area (Å²) < 4.78 is 5.59. The minimum absolute atomic E-state index is 0.443.